The Morgan fingerprint density at radius 3 is 2.33 bits per heavy atom. The van der Waals surface area contributed by atoms with Crippen LogP contribution in [-0.2, 0) is 16.1 Å². The maximum atomic E-state index is 13.3. The van der Waals surface area contributed by atoms with Gasteiger partial charge in [-0.05, 0) is 53.9 Å². The molecule has 0 aromatic heterocycles. The number of methoxy groups -OCH3 is 1. The smallest absolute Gasteiger partial charge is 0.254 e. The van der Waals surface area contributed by atoms with Crippen molar-refractivity contribution in [2.24, 2.45) is 5.92 Å². The Morgan fingerprint density at radius 1 is 1.10 bits per heavy atom. The molecule has 0 aliphatic heterocycles. The van der Waals surface area contributed by atoms with Gasteiger partial charge in [0.25, 0.3) is 5.91 Å². The quantitative estimate of drug-likeness (QED) is 0.677. The monoisotopic (exact) mass is 415 g/mol. The molecule has 2 aromatic carbocycles. The van der Waals surface area contributed by atoms with Gasteiger partial charge in [-0.15, -0.1) is 0 Å². The first-order valence-corrected chi connectivity index (χ1v) is 9.85. The van der Waals surface area contributed by atoms with Crippen molar-refractivity contribution < 1.29 is 18.7 Å². The number of hydrogen-bond donors (Lipinski definition) is 1. The number of amides is 2. The molecule has 6 nitrogen and oxygen atoms in total. The Morgan fingerprint density at radius 2 is 1.77 bits per heavy atom. The minimum absolute atomic E-state index is 0.0344. The van der Waals surface area contributed by atoms with E-state index in [0.717, 1.165) is 11.3 Å². The van der Waals surface area contributed by atoms with Crippen molar-refractivity contribution in [3.8, 4) is 0 Å². The molecule has 2 aromatic rings. The maximum absolute atomic E-state index is 13.3. The highest BCUT2D eigenvalue weighted by molar-refractivity contribution is 5.94. The fraction of sp³-hybridized carbons (Fsp3) is 0.391. The number of anilines is 2. The molecule has 7 heteroatoms. The first-order chi connectivity index (χ1) is 14.2. The van der Waals surface area contributed by atoms with E-state index in [0.29, 0.717) is 24.3 Å². The second-order valence-electron chi connectivity index (χ2n) is 7.81. The summed E-state index contributed by atoms with van der Waals surface area (Å²) in [6, 6.07) is 11.2. The largest absolute Gasteiger partial charge is 0.377 e. The van der Waals surface area contributed by atoms with Crippen LogP contribution in [0.25, 0.3) is 0 Å². The van der Waals surface area contributed by atoms with Gasteiger partial charge >= 0.3 is 0 Å². The molecule has 0 spiro atoms. The number of hydrogen-bond acceptors (Lipinski definition) is 4. The van der Waals surface area contributed by atoms with E-state index in [9.17, 15) is 14.0 Å². The number of carbonyl (C=O) groups is 2. The number of nitrogens with zero attached hydrogens (tertiary/aromatic N) is 2. The molecular weight excluding hydrogens is 385 g/mol. The highest BCUT2D eigenvalue weighted by atomic mass is 19.1. The van der Waals surface area contributed by atoms with Crippen LogP contribution in [0.2, 0.25) is 0 Å². The third kappa shape index (κ3) is 6.56. The molecular formula is C23H30FN3O3. The standard InChI is InChI=1S/C23H30FN3O3/c1-16(2)13-27(23(29)17-6-8-19(24)9-7-17)14-18-12-20(25-22(28)15-30-5)10-11-21(18)26(3)4/h6-12,16H,13-15H2,1-5H3,(H,25,28). The van der Waals surface area contributed by atoms with E-state index in [2.05, 4.69) is 5.32 Å². The molecule has 162 valence electrons. The predicted octanol–water partition coefficient (Wildman–Crippen LogP) is 3.78. The summed E-state index contributed by atoms with van der Waals surface area (Å²) in [5.41, 5.74) is 2.91. The number of rotatable bonds is 9. The Labute approximate surface area is 177 Å². The summed E-state index contributed by atoms with van der Waals surface area (Å²) in [4.78, 5) is 28.7. The highest BCUT2D eigenvalue weighted by Crippen LogP contribution is 2.25. The molecule has 0 radical (unpaired) electrons. The molecule has 0 heterocycles. The third-order valence-corrected chi connectivity index (χ3v) is 4.45. The molecule has 0 bridgehead atoms. The highest BCUT2D eigenvalue weighted by Gasteiger charge is 2.20. The van der Waals surface area contributed by atoms with E-state index in [1.54, 1.807) is 4.90 Å². The molecule has 0 atom stereocenters. The van der Waals surface area contributed by atoms with Crippen molar-refractivity contribution >= 4 is 23.2 Å². The van der Waals surface area contributed by atoms with Crippen LogP contribution in [0.15, 0.2) is 42.5 Å². The average molecular weight is 416 g/mol. The molecule has 0 saturated heterocycles. The summed E-state index contributed by atoms with van der Waals surface area (Å²) in [6.07, 6.45) is 0. The van der Waals surface area contributed by atoms with E-state index < -0.39 is 0 Å². The minimum atomic E-state index is -0.378. The summed E-state index contributed by atoms with van der Waals surface area (Å²) >= 11 is 0. The fourth-order valence-electron chi connectivity index (χ4n) is 3.20. The van der Waals surface area contributed by atoms with Crippen LogP contribution in [0.4, 0.5) is 15.8 Å². The zero-order valence-electron chi connectivity index (χ0n) is 18.2. The molecule has 0 saturated carbocycles. The predicted molar refractivity (Wildman–Crippen MR) is 117 cm³/mol. The Hall–Kier alpha value is -2.93. The van der Waals surface area contributed by atoms with E-state index in [1.165, 1.54) is 31.4 Å². The minimum Gasteiger partial charge on any atom is -0.377 e. The van der Waals surface area contributed by atoms with Crippen molar-refractivity contribution in [1.82, 2.24) is 4.90 Å². The number of carbonyl (C=O) groups excluding carboxylic acids is 2. The van der Waals surface area contributed by atoms with Crippen molar-refractivity contribution in [2.75, 3.05) is 44.6 Å². The van der Waals surface area contributed by atoms with Gasteiger partial charge in [0, 0.05) is 51.2 Å². The third-order valence-electron chi connectivity index (χ3n) is 4.45. The van der Waals surface area contributed by atoms with Crippen LogP contribution in [0.5, 0.6) is 0 Å². The van der Waals surface area contributed by atoms with Crippen LogP contribution < -0.4 is 10.2 Å². The first kappa shape index (κ1) is 23.3. The zero-order chi connectivity index (χ0) is 22.3. The van der Waals surface area contributed by atoms with Gasteiger partial charge in [0.05, 0.1) is 0 Å². The van der Waals surface area contributed by atoms with Crippen molar-refractivity contribution in [1.29, 1.82) is 0 Å². The van der Waals surface area contributed by atoms with Gasteiger partial charge in [-0.25, -0.2) is 4.39 Å². The zero-order valence-corrected chi connectivity index (χ0v) is 18.2. The van der Waals surface area contributed by atoms with E-state index in [4.69, 9.17) is 4.74 Å². The summed E-state index contributed by atoms with van der Waals surface area (Å²) in [7, 11) is 5.32. The van der Waals surface area contributed by atoms with Crippen LogP contribution in [0.1, 0.15) is 29.8 Å². The van der Waals surface area contributed by atoms with Crippen molar-refractivity contribution in [3.05, 3.63) is 59.4 Å². The van der Waals surface area contributed by atoms with E-state index >= 15 is 0 Å². The Balaban J connectivity index is 2.35. The Bertz CT molecular complexity index is 866. The van der Waals surface area contributed by atoms with Gasteiger partial charge in [0.15, 0.2) is 0 Å². The van der Waals surface area contributed by atoms with E-state index in [-0.39, 0.29) is 30.2 Å². The van der Waals surface area contributed by atoms with E-state index in [1.807, 2.05) is 51.0 Å². The number of nitrogens with one attached hydrogen (secondary N) is 1. The number of benzene rings is 2. The first-order valence-electron chi connectivity index (χ1n) is 9.85. The van der Waals surface area contributed by atoms with Gasteiger partial charge < -0.3 is 19.9 Å². The van der Waals surface area contributed by atoms with Crippen LogP contribution >= 0.6 is 0 Å². The topological polar surface area (TPSA) is 61.9 Å². The molecule has 1 N–H and O–H groups in total. The molecule has 2 rings (SSSR count). The lowest BCUT2D eigenvalue weighted by molar-refractivity contribution is -0.119. The molecule has 0 fully saturated rings. The fourth-order valence-corrected chi connectivity index (χ4v) is 3.20. The van der Waals surface area contributed by atoms with Gasteiger partial charge in [0.1, 0.15) is 12.4 Å². The lowest BCUT2D eigenvalue weighted by Gasteiger charge is -2.28. The van der Waals surface area contributed by atoms with Gasteiger partial charge in [-0.3, -0.25) is 9.59 Å². The molecule has 0 aliphatic carbocycles. The maximum Gasteiger partial charge on any atom is 0.254 e. The molecule has 0 unspecified atom stereocenters. The summed E-state index contributed by atoms with van der Waals surface area (Å²) in [5, 5.41) is 2.80. The lowest BCUT2D eigenvalue weighted by Crippen LogP contribution is -2.34. The van der Waals surface area contributed by atoms with Crippen molar-refractivity contribution in [3.63, 3.8) is 0 Å². The van der Waals surface area contributed by atoms with Crippen LogP contribution in [0.3, 0.4) is 0 Å². The van der Waals surface area contributed by atoms with Crippen LogP contribution in [0, 0.1) is 11.7 Å². The molecule has 0 aliphatic rings. The average Bonchev–Trinajstić information content (AvgIpc) is 2.67. The summed E-state index contributed by atoms with van der Waals surface area (Å²) in [6.45, 7) is 4.95. The number of halogens is 1. The molecule has 30 heavy (non-hydrogen) atoms. The molecule has 2 amide bonds. The van der Waals surface area contributed by atoms with Crippen LogP contribution in [-0.4, -0.2) is 51.1 Å². The lowest BCUT2D eigenvalue weighted by atomic mass is 10.1. The second kappa shape index (κ2) is 10.7. The SMILES string of the molecule is COCC(=O)Nc1ccc(N(C)C)c(CN(CC(C)C)C(=O)c2ccc(F)cc2)c1. The summed E-state index contributed by atoms with van der Waals surface area (Å²) in [5.74, 6) is -0.539. The van der Waals surface area contributed by atoms with Gasteiger partial charge in [0.2, 0.25) is 5.91 Å². The van der Waals surface area contributed by atoms with Gasteiger partial charge in [-0.2, -0.15) is 0 Å². The number of ether oxygens (including phenoxy) is 1. The summed E-state index contributed by atoms with van der Waals surface area (Å²) < 4.78 is 18.1. The second-order valence-corrected chi connectivity index (χ2v) is 7.81. The van der Waals surface area contributed by atoms with Crippen molar-refractivity contribution in [2.45, 2.75) is 20.4 Å². The van der Waals surface area contributed by atoms with Gasteiger partial charge in [-0.1, -0.05) is 13.8 Å². The Kier molecular flexibility index (Phi) is 8.35. The normalized spacial score (nSPS) is 10.8.